The summed E-state index contributed by atoms with van der Waals surface area (Å²) >= 11 is 0. The molecule has 0 radical (unpaired) electrons. The van der Waals surface area contributed by atoms with Crippen molar-refractivity contribution in [3.63, 3.8) is 0 Å². The highest BCUT2D eigenvalue weighted by Gasteiger charge is 2.40. The summed E-state index contributed by atoms with van der Waals surface area (Å²) in [6.45, 7) is 6.22. The molecule has 1 aliphatic heterocycles. The summed E-state index contributed by atoms with van der Waals surface area (Å²) in [6, 6.07) is 1.44. The molecule has 1 heterocycles. The zero-order valence-corrected chi connectivity index (χ0v) is 16.6. The summed E-state index contributed by atoms with van der Waals surface area (Å²) < 4.78 is 79.1. The Morgan fingerprint density at radius 1 is 0.963 bits per heavy atom. The number of piperazine rings is 1. The van der Waals surface area contributed by atoms with E-state index in [-0.39, 0.29) is 42.4 Å². The Hall–Kier alpha value is -0.700. The van der Waals surface area contributed by atoms with E-state index in [2.05, 4.69) is 5.32 Å². The van der Waals surface area contributed by atoms with Crippen LogP contribution < -0.4 is 5.32 Å². The number of alkyl halides is 6. The van der Waals surface area contributed by atoms with Gasteiger partial charge in [-0.1, -0.05) is 19.9 Å². The largest absolute Gasteiger partial charge is 0.416 e. The van der Waals surface area contributed by atoms with Crippen molar-refractivity contribution in [2.45, 2.75) is 38.7 Å². The van der Waals surface area contributed by atoms with Crippen molar-refractivity contribution in [3.8, 4) is 0 Å². The molecular weight excluding hydrogens is 417 g/mol. The minimum atomic E-state index is -4.83. The Bertz CT molecular complexity index is 584. The van der Waals surface area contributed by atoms with E-state index in [1.54, 1.807) is 0 Å². The van der Waals surface area contributed by atoms with Crippen molar-refractivity contribution in [1.82, 2.24) is 10.2 Å². The third kappa shape index (κ3) is 7.00. The molecule has 0 spiro atoms. The Balaban J connectivity index is 0.00000338. The molecule has 158 valence electrons. The minimum Gasteiger partial charge on any atom is -0.314 e. The highest BCUT2D eigenvalue weighted by Crippen LogP contribution is 2.41. The fourth-order valence-corrected chi connectivity index (χ4v) is 3.18. The van der Waals surface area contributed by atoms with Gasteiger partial charge in [0.2, 0.25) is 0 Å². The predicted octanol–water partition coefficient (Wildman–Crippen LogP) is 5.56. The highest BCUT2D eigenvalue weighted by molar-refractivity contribution is 5.85. The van der Waals surface area contributed by atoms with Crippen LogP contribution in [0.3, 0.4) is 0 Å². The van der Waals surface area contributed by atoms with Gasteiger partial charge in [-0.2, -0.15) is 26.3 Å². The minimum absolute atomic E-state index is 0. The molecule has 1 N–H and O–H groups in total. The third-order valence-corrected chi connectivity index (χ3v) is 4.33. The molecule has 0 aromatic heterocycles. The van der Waals surface area contributed by atoms with Crippen LogP contribution in [0.15, 0.2) is 18.2 Å². The Morgan fingerprint density at radius 3 is 1.96 bits per heavy atom. The topological polar surface area (TPSA) is 15.3 Å². The van der Waals surface area contributed by atoms with Crippen LogP contribution in [0.25, 0.3) is 0 Å². The molecule has 0 bridgehead atoms. The molecule has 0 amide bonds. The smallest absolute Gasteiger partial charge is 0.314 e. The second-order valence-electron chi connectivity index (χ2n) is 6.73. The van der Waals surface area contributed by atoms with Crippen LogP contribution in [0.5, 0.6) is 0 Å². The molecule has 1 aromatic carbocycles. The molecule has 10 heteroatoms. The summed E-state index contributed by atoms with van der Waals surface area (Å²) in [4.78, 5) is 1.92. The normalized spacial score (nSPS) is 17.2. The number of halogens is 8. The lowest BCUT2D eigenvalue weighted by Crippen LogP contribution is -2.45. The zero-order valence-electron chi connectivity index (χ0n) is 15.0. The quantitative estimate of drug-likeness (QED) is 0.616. The summed E-state index contributed by atoms with van der Waals surface area (Å²) in [5, 5.41) is 3.14. The van der Waals surface area contributed by atoms with E-state index < -0.39 is 29.5 Å². The first-order valence-electron chi connectivity index (χ1n) is 8.23. The van der Waals surface area contributed by atoms with E-state index in [9.17, 15) is 26.3 Å². The van der Waals surface area contributed by atoms with Crippen molar-refractivity contribution >= 4 is 24.8 Å². The van der Waals surface area contributed by atoms with Crippen molar-refractivity contribution in [2.75, 3.05) is 26.2 Å². The van der Waals surface area contributed by atoms with Gasteiger partial charge in [-0.3, -0.25) is 4.90 Å². The summed E-state index contributed by atoms with van der Waals surface area (Å²) in [5.41, 5.74) is -2.53. The SMILES string of the molecule is CC(C)C[C@H](c1ccc(C(F)(F)F)cc1C(F)(F)F)N1CCNCC1.Cl.Cl. The molecule has 2 nitrogen and oxygen atoms in total. The Kier molecular flexibility index (Phi) is 9.92. The molecule has 27 heavy (non-hydrogen) atoms. The number of hydrogen-bond donors (Lipinski definition) is 1. The van der Waals surface area contributed by atoms with Gasteiger partial charge in [0.1, 0.15) is 0 Å². The van der Waals surface area contributed by atoms with Crippen LogP contribution in [-0.2, 0) is 12.4 Å². The van der Waals surface area contributed by atoms with Gasteiger partial charge in [0.05, 0.1) is 11.1 Å². The third-order valence-electron chi connectivity index (χ3n) is 4.33. The number of hydrogen-bond acceptors (Lipinski definition) is 2. The number of benzene rings is 1. The maximum Gasteiger partial charge on any atom is 0.416 e. The van der Waals surface area contributed by atoms with Crippen LogP contribution in [0, 0.1) is 5.92 Å². The van der Waals surface area contributed by atoms with Gasteiger partial charge in [-0.15, -0.1) is 24.8 Å². The molecule has 0 unspecified atom stereocenters. The molecule has 1 saturated heterocycles. The molecule has 0 aliphatic carbocycles. The lowest BCUT2D eigenvalue weighted by atomic mass is 9.90. The second-order valence-corrected chi connectivity index (χ2v) is 6.73. The first-order valence-corrected chi connectivity index (χ1v) is 8.23. The van der Waals surface area contributed by atoms with Crippen LogP contribution in [-0.4, -0.2) is 31.1 Å². The van der Waals surface area contributed by atoms with Crippen molar-refractivity contribution in [1.29, 1.82) is 0 Å². The lowest BCUT2D eigenvalue weighted by molar-refractivity contribution is -0.143. The maximum absolute atomic E-state index is 13.5. The van der Waals surface area contributed by atoms with Gasteiger partial charge in [0.15, 0.2) is 0 Å². The van der Waals surface area contributed by atoms with Crippen LogP contribution in [0.1, 0.15) is 43.0 Å². The van der Waals surface area contributed by atoms with Gasteiger partial charge in [-0.25, -0.2) is 0 Å². The maximum atomic E-state index is 13.5. The fraction of sp³-hybridized carbons (Fsp3) is 0.647. The average Bonchev–Trinajstić information content (AvgIpc) is 2.51. The van der Waals surface area contributed by atoms with E-state index in [1.165, 1.54) is 0 Å². The number of nitrogens with zero attached hydrogens (tertiary/aromatic N) is 1. The van der Waals surface area contributed by atoms with E-state index in [0.717, 1.165) is 12.1 Å². The van der Waals surface area contributed by atoms with Crippen molar-refractivity contribution in [3.05, 3.63) is 34.9 Å². The molecule has 2 rings (SSSR count). The van der Waals surface area contributed by atoms with Gasteiger partial charge >= 0.3 is 12.4 Å². The highest BCUT2D eigenvalue weighted by atomic mass is 35.5. The summed E-state index contributed by atoms with van der Waals surface area (Å²) in [7, 11) is 0. The first-order chi connectivity index (χ1) is 11.5. The number of nitrogens with one attached hydrogen (secondary N) is 1. The Morgan fingerprint density at radius 2 is 1.52 bits per heavy atom. The van der Waals surface area contributed by atoms with Crippen LogP contribution in [0.4, 0.5) is 26.3 Å². The van der Waals surface area contributed by atoms with Gasteiger partial charge < -0.3 is 5.32 Å². The molecular formula is C17H24Cl2F6N2. The molecule has 1 fully saturated rings. The van der Waals surface area contributed by atoms with Crippen molar-refractivity contribution in [2.24, 2.45) is 5.92 Å². The predicted molar refractivity (Wildman–Crippen MR) is 97.6 cm³/mol. The van der Waals surface area contributed by atoms with E-state index in [1.807, 2.05) is 18.7 Å². The van der Waals surface area contributed by atoms with Gasteiger partial charge in [0.25, 0.3) is 0 Å². The average molecular weight is 441 g/mol. The lowest BCUT2D eigenvalue weighted by Gasteiger charge is -2.37. The number of rotatable bonds is 4. The standard InChI is InChI=1S/C17H22F6N2.2ClH/c1-11(2)9-15(25-7-5-24-6-8-25)13-4-3-12(16(18,19)20)10-14(13)17(21,22)23;;/h3-4,10-11,15,24H,5-9H2,1-2H3;2*1H/t15-;;/m1../s1. The van der Waals surface area contributed by atoms with Crippen molar-refractivity contribution < 1.29 is 26.3 Å². The van der Waals surface area contributed by atoms with Crippen LogP contribution in [0.2, 0.25) is 0 Å². The molecule has 1 aliphatic rings. The van der Waals surface area contributed by atoms with E-state index in [4.69, 9.17) is 0 Å². The van der Waals surface area contributed by atoms with E-state index in [0.29, 0.717) is 32.6 Å². The second kappa shape index (κ2) is 10.2. The molecule has 0 saturated carbocycles. The summed E-state index contributed by atoms with van der Waals surface area (Å²) in [6.07, 6.45) is -9.19. The molecule has 1 aromatic rings. The summed E-state index contributed by atoms with van der Waals surface area (Å²) in [5.74, 6) is 0.114. The van der Waals surface area contributed by atoms with Gasteiger partial charge in [0, 0.05) is 32.2 Å². The van der Waals surface area contributed by atoms with E-state index >= 15 is 0 Å². The fourth-order valence-electron chi connectivity index (χ4n) is 3.18. The zero-order chi connectivity index (χ0) is 18.8. The van der Waals surface area contributed by atoms with Gasteiger partial charge in [-0.05, 0) is 30.0 Å². The molecule has 1 atom stereocenters. The monoisotopic (exact) mass is 440 g/mol. The van der Waals surface area contributed by atoms with Crippen LogP contribution >= 0.6 is 24.8 Å². The Labute approximate surface area is 167 Å². The first kappa shape index (κ1) is 26.3.